The molecular formula is C11H15N3O2. The summed E-state index contributed by atoms with van der Waals surface area (Å²) in [4.78, 5) is 21.2. The highest BCUT2D eigenvalue weighted by molar-refractivity contribution is 5.82. The third-order valence-electron chi connectivity index (χ3n) is 3.19. The van der Waals surface area contributed by atoms with Crippen molar-refractivity contribution in [1.29, 1.82) is 0 Å². The molecular weight excluding hydrogens is 206 g/mol. The average molecular weight is 221 g/mol. The molecule has 0 saturated carbocycles. The zero-order valence-corrected chi connectivity index (χ0v) is 9.26. The van der Waals surface area contributed by atoms with E-state index in [4.69, 9.17) is 0 Å². The molecule has 1 N–H and O–H groups in total. The highest BCUT2D eigenvalue weighted by Crippen LogP contribution is 2.31. The Morgan fingerprint density at radius 1 is 1.56 bits per heavy atom. The lowest BCUT2D eigenvalue weighted by atomic mass is 9.88. The van der Waals surface area contributed by atoms with Crippen LogP contribution in [0.15, 0.2) is 18.6 Å². The van der Waals surface area contributed by atoms with E-state index in [0.717, 1.165) is 19.4 Å². The van der Waals surface area contributed by atoms with E-state index in [1.807, 2.05) is 4.90 Å². The first kappa shape index (κ1) is 10.9. The fourth-order valence-electron chi connectivity index (χ4n) is 2.15. The highest BCUT2D eigenvalue weighted by atomic mass is 16.4. The molecule has 0 aliphatic carbocycles. The smallest absolute Gasteiger partial charge is 0.329 e. The van der Waals surface area contributed by atoms with Crippen molar-refractivity contribution in [3.8, 4) is 0 Å². The third-order valence-corrected chi connectivity index (χ3v) is 3.19. The summed E-state index contributed by atoms with van der Waals surface area (Å²) in [6.07, 6.45) is 5.70. The third kappa shape index (κ3) is 1.73. The van der Waals surface area contributed by atoms with Gasteiger partial charge in [0.25, 0.3) is 0 Å². The summed E-state index contributed by atoms with van der Waals surface area (Å²) in [6.45, 7) is 2.50. The molecule has 1 aliphatic heterocycles. The minimum absolute atomic E-state index is 0.659. The minimum Gasteiger partial charge on any atom is -0.480 e. The molecule has 0 aromatic carbocycles. The molecule has 1 aromatic heterocycles. The minimum atomic E-state index is -0.841. The summed E-state index contributed by atoms with van der Waals surface area (Å²) in [5.74, 6) is -0.0922. The van der Waals surface area contributed by atoms with E-state index in [1.165, 1.54) is 6.33 Å². The molecule has 5 nitrogen and oxygen atoms in total. The summed E-state index contributed by atoms with van der Waals surface area (Å²) >= 11 is 0. The van der Waals surface area contributed by atoms with Gasteiger partial charge in [-0.15, -0.1) is 0 Å². The number of carboxylic acids is 1. The van der Waals surface area contributed by atoms with Crippen LogP contribution in [0.3, 0.4) is 0 Å². The Morgan fingerprint density at radius 2 is 2.38 bits per heavy atom. The van der Waals surface area contributed by atoms with Gasteiger partial charge in [0.2, 0.25) is 0 Å². The molecule has 1 saturated heterocycles. The largest absolute Gasteiger partial charge is 0.480 e. The first-order valence-corrected chi connectivity index (χ1v) is 5.41. The Bertz CT molecular complexity index is 382. The van der Waals surface area contributed by atoms with Crippen LogP contribution in [0.1, 0.15) is 26.2 Å². The second kappa shape index (κ2) is 4.08. The normalized spacial score (nSPS) is 25.4. The molecule has 86 valence electrons. The van der Waals surface area contributed by atoms with Crippen LogP contribution in [0.2, 0.25) is 0 Å². The van der Waals surface area contributed by atoms with Crippen molar-refractivity contribution in [2.75, 3.05) is 11.4 Å². The lowest BCUT2D eigenvalue weighted by Gasteiger charge is -2.42. The number of carboxylic acid groups (broad SMARTS) is 1. The molecule has 0 spiro atoms. The monoisotopic (exact) mass is 221 g/mol. The summed E-state index contributed by atoms with van der Waals surface area (Å²) in [5.41, 5.74) is -0.841. The van der Waals surface area contributed by atoms with Gasteiger partial charge >= 0.3 is 5.97 Å². The van der Waals surface area contributed by atoms with E-state index >= 15 is 0 Å². The van der Waals surface area contributed by atoms with Crippen molar-refractivity contribution in [3.63, 3.8) is 0 Å². The van der Waals surface area contributed by atoms with E-state index in [-0.39, 0.29) is 0 Å². The predicted molar refractivity (Wildman–Crippen MR) is 59.3 cm³/mol. The van der Waals surface area contributed by atoms with Gasteiger partial charge < -0.3 is 10.0 Å². The average Bonchev–Trinajstić information content (AvgIpc) is 2.30. The highest BCUT2D eigenvalue weighted by Gasteiger charge is 2.41. The van der Waals surface area contributed by atoms with Crippen molar-refractivity contribution in [3.05, 3.63) is 18.6 Å². The van der Waals surface area contributed by atoms with Crippen molar-refractivity contribution in [2.45, 2.75) is 31.7 Å². The molecule has 0 radical (unpaired) electrons. The topological polar surface area (TPSA) is 66.3 Å². The SMILES string of the molecule is CC1(C(=O)O)CCCCN1c1ccncn1. The van der Waals surface area contributed by atoms with Crippen LogP contribution < -0.4 is 4.90 Å². The number of nitrogens with zero attached hydrogens (tertiary/aromatic N) is 3. The zero-order chi connectivity index (χ0) is 11.6. The van der Waals surface area contributed by atoms with Crippen molar-refractivity contribution < 1.29 is 9.90 Å². The van der Waals surface area contributed by atoms with Gasteiger partial charge in [0.1, 0.15) is 17.7 Å². The molecule has 0 amide bonds. The van der Waals surface area contributed by atoms with Crippen LogP contribution in [0, 0.1) is 0 Å². The van der Waals surface area contributed by atoms with E-state index in [9.17, 15) is 9.90 Å². The summed E-state index contributed by atoms with van der Waals surface area (Å²) < 4.78 is 0. The second-order valence-corrected chi connectivity index (χ2v) is 4.26. The number of piperidine rings is 1. The van der Waals surface area contributed by atoms with Gasteiger partial charge in [-0.25, -0.2) is 14.8 Å². The molecule has 2 rings (SSSR count). The Hall–Kier alpha value is -1.65. The number of rotatable bonds is 2. The molecule has 1 atom stereocenters. The summed E-state index contributed by atoms with van der Waals surface area (Å²) in [7, 11) is 0. The predicted octanol–water partition coefficient (Wildman–Crippen LogP) is 1.31. The Morgan fingerprint density at radius 3 is 3.00 bits per heavy atom. The molecule has 1 fully saturated rings. The van der Waals surface area contributed by atoms with Gasteiger partial charge in [-0.2, -0.15) is 0 Å². The van der Waals surface area contributed by atoms with Crippen LogP contribution in [-0.4, -0.2) is 33.1 Å². The fourth-order valence-corrected chi connectivity index (χ4v) is 2.15. The van der Waals surface area contributed by atoms with Crippen LogP contribution in [0.25, 0.3) is 0 Å². The van der Waals surface area contributed by atoms with E-state index in [0.29, 0.717) is 12.2 Å². The van der Waals surface area contributed by atoms with Gasteiger partial charge in [0.05, 0.1) is 0 Å². The van der Waals surface area contributed by atoms with Crippen molar-refractivity contribution in [1.82, 2.24) is 9.97 Å². The van der Waals surface area contributed by atoms with E-state index in [2.05, 4.69) is 9.97 Å². The maximum Gasteiger partial charge on any atom is 0.329 e. The van der Waals surface area contributed by atoms with Gasteiger partial charge in [-0.3, -0.25) is 0 Å². The lowest BCUT2D eigenvalue weighted by Crippen LogP contribution is -2.55. The quantitative estimate of drug-likeness (QED) is 0.815. The second-order valence-electron chi connectivity index (χ2n) is 4.26. The first-order chi connectivity index (χ1) is 7.64. The lowest BCUT2D eigenvalue weighted by molar-refractivity contribution is -0.143. The van der Waals surface area contributed by atoms with Crippen LogP contribution >= 0.6 is 0 Å². The summed E-state index contributed by atoms with van der Waals surface area (Å²) in [5, 5.41) is 9.34. The van der Waals surface area contributed by atoms with Crippen molar-refractivity contribution >= 4 is 11.8 Å². The molecule has 16 heavy (non-hydrogen) atoms. The summed E-state index contributed by atoms with van der Waals surface area (Å²) in [6, 6.07) is 1.76. The Kier molecular flexibility index (Phi) is 2.77. The van der Waals surface area contributed by atoms with Gasteiger partial charge in [0.15, 0.2) is 0 Å². The molecule has 1 aromatic rings. The number of aromatic nitrogens is 2. The molecule has 1 aliphatic rings. The maximum atomic E-state index is 11.4. The van der Waals surface area contributed by atoms with E-state index in [1.54, 1.807) is 19.2 Å². The number of anilines is 1. The molecule has 1 unspecified atom stereocenters. The fraction of sp³-hybridized carbons (Fsp3) is 0.545. The number of hydrogen-bond acceptors (Lipinski definition) is 4. The van der Waals surface area contributed by atoms with Gasteiger partial charge in [-0.1, -0.05) is 0 Å². The molecule has 2 heterocycles. The Balaban J connectivity index is 2.34. The van der Waals surface area contributed by atoms with Gasteiger partial charge in [-0.05, 0) is 32.3 Å². The number of carbonyl (C=O) groups is 1. The van der Waals surface area contributed by atoms with Crippen LogP contribution in [0.5, 0.6) is 0 Å². The number of hydrogen-bond donors (Lipinski definition) is 1. The van der Waals surface area contributed by atoms with Crippen molar-refractivity contribution in [2.24, 2.45) is 0 Å². The zero-order valence-electron chi connectivity index (χ0n) is 9.26. The standard InChI is InChI=1S/C11H15N3O2/c1-11(10(15)16)5-2-3-7-14(11)9-4-6-12-8-13-9/h4,6,8H,2-3,5,7H2,1H3,(H,15,16). The maximum absolute atomic E-state index is 11.4. The first-order valence-electron chi connectivity index (χ1n) is 5.41. The molecule has 0 bridgehead atoms. The number of aliphatic carboxylic acids is 1. The molecule has 5 heteroatoms. The van der Waals surface area contributed by atoms with Crippen LogP contribution in [0.4, 0.5) is 5.82 Å². The van der Waals surface area contributed by atoms with Gasteiger partial charge in [0, 0.05) is 12.7 Å². The van der Waals surface area contributed by atoms with Crippen LogP contribution in [-0.2, 0) is 4.79 Å². The van der Waals surface area contributed by atoms with E-state index < -0.39 is 11.5 Å². The Labute approximate surface area is 94.1 Å².